The van der Waals surface area contributed by atoms with Gasteiger partial charge in [0.2, 0.25) is 0 Å². The van der Waals surface area contributed by atoms with Gasteiger partial charge in [0.15, 0.2) is 25.0 Å². The highest BCUT2D eigenvalue weighted by atomic mass is 28.4. The van der Waals surface area contributed by atoms with Crippen molar-refractivity contribution in [3.8, 4) is 0 Å². The highest BCUT2D eigenvalue weighted by Crippen LogP contribution is 2.60. The van der Waals surface area contributed by atoms with E-state index < -0.39 is 25.0 Å². The van der Waals surface area contributed by atoms with Crippen LogP contribution in [0.5, 0.6) is 0 Å². The van der Waals surface area contributed by atoms with E-state index >= 15 is 0 Å². The molecule has 270 valence electrons. The normalized spacial score (nSPS) is 23.9. The van der Waals surface area contributed by atoms with Gasteiger partial charge in [-0.25, -0.2) is 0 Å². The summed E-state index contributed by atoms with van der Waals surface area (Å²) >= 11 is 0. The lowest BCUT2D eigenvalue weighted by Crippen LogP contribution is -2.41. The molecule has 47 heavy (non-hydrogen) atoms. The largest absolute Gasteiger partial charge is 0.413 e. The van der Waals surface area contributed by atoms with Crippen LogP contribution >= 0.6 is 0 Å². The first kappa shape index (κ1) is 40.9. The summed E-state index contributed by atoms with van der Waals surface area (Å²) in [7, 11) is -5.31. The third-order valence-corrected chi connectivity index (χ3v) is 23.0. The molecule has 1 aromatic rings. The smallest absolute Gasteiger partial charge is 0.192 e. The molecule has 0 amide bonds. The number of hydrogen-bond acceptors (Lipinski definition) is 3. The molecular weight excluding hydrogens is 625 g/mol. The van der Waals surface area contributed by atoms with Crippen LogP contribution in [0.25, 0.3) is 5.57 Å². The van der Waals surface area contributed by atoms with Crippen LogP contribution in [0, 0.1) is 23.2 Å². The van der Waals surface area contributed by atoms with Crippen LogP contribution in [-0.4, -0.2) is 30.6 Å². The van der Waals surface area contributed by atoms with Gasteiger partial charge in [0.1, 0.15) is 0 Å². The fraction of sp³-hybridized carbons (Fsp3) is 0.805. The SMILES string of the molecule is C[C@H](CCCC(C)(C)O[Si](C)(C)C)[C@H]1CC[C@H]2C(c3ccc(CO[Si](C)(C)C(C)(C)C)c(CO[Si](C)(C)C(C)(C)C)c3)=CCC[C@]12C. The lowest BCUT2D eigenvalue weighted by atomic mass is 9.61. The number of benzene rings is 1. The van der Waals surface area contributed by atoms with E-state index in [-0.39, 0.29) is 15.7 Å². The van der Waals surface area contributed by atoms with Gasteiger partial charge in [-0.1, -0.05) is 86.4 Å². The molecular formula is C41H76O3Si3. The van der Waals surface area contributed by atoms with Gasteiger partial charge in [0.05, 0.1) is 18.8 Å². The maximum Gasteiger partial charge on any atom is 0.192 e. The molecule has 0 radical (unpaired) electrons. The molecule has 2 aliphatic carbocycles. The maximum atomic E-state index is 6.87. The molecule has 0 spiro atoms. The number of fused-ring (bicyclic) bond motifs is 1. The van der Waals surface area contributed by atoms with Gasteiger partial charge in [-0.05, 0) is 153 Å². The third kappa shape index (κ3) is 10.3. The molecule has 1 saturated carbocycles. The Morgan fingerprint density at radius 3 is 1.89 bits per heavy atom. The van der Waals surface area contributed by atoms with E-state index in [0.717, 1.165) is 18.3 Å². The first-order chi connectivity index (χ1) is 21.2. The van der Waals surface area contributed by atoms with Crippen molar-refractivity contribution in [1.29, 1.82) is 0 Å². The van der Waals surface area contributed by atoms with Crippen molar-refractivity contribution in [1.82, 2.24) is 0 Å². The summed E-state index contributed by atoms with van der Waals surface area (Å²) in [5, 5.41) is 0.374. The molecule has 6 heteroatoms. The minimum Gasteiger partial charge on any atom is -0.413 e. The maximum absolute atomic E-state index is 6.87. The standard InChI is InChI=1S/C41H76O3Si3/c1-31(20-18-26-40(8,9)44-45(11,12)13)36-24-25-37-35(21-19-27-41(36,37)10)32-22-23-33(29-42-46(14,15)38(2,3)4)34(28-32)30-43-47(16,17)39(5,6)7/h21-23,28,31,36-37H,18-20,24-27,29-30H2,1-17H3/t31-,36-,37+,41-/m1/s1. The zero-order valence-corrected chi connectivity index (χ0v) is 37.1. The summed E-state index contributed by atoms with van der Waals surface area (Å²) in [6.07, 6.45) is 11.5. The Hall–Kier alpha value is -0.509. The van der Waals surface area contributed by atoms with Crippen LogP contribution in [0.15, 0.2) is 24.3 Å². The van der Waals surface area contributed by atoms with Gasteiger partial charge in [-0.15, -0.1) is 0 Å². The second-order valence-corrected chi connectivity index (χ2v) is 34.4. The quantitative estimate of drug-likeness (QED) is 0.181. The van der Waals surface area contributed by atoms with Crippen LogP contribution in [0.4, 0.5) is 0 Å². The van der Waals surface area contributed by atoms with E-state index in [4.69, 9.17) is 13.3 Å². The summed E-state index contributed by atoms with van der Waals surface area (Å²) in [5.74, 6) is 2.17. The van der Waals surface area contributed by atoms with Gasteiger partial charge in [-0.2, -0.15) is 0 Å². The van der Waals surface area contributed by atoms with Gasteiger partial charge in [-0.3, -0.25) is 0 Å². The Morgan fingerprint density at radius 2 is 1.36 bits per heavy atom. The summed E-state index contributed by atoms with van der Waals surface area (Å²) < 4.78 is 20.2. The molecule has 4 atom stereocenters. The van der Waals surface area contributed by atoms with Crippen molar-refractivity contribution in [2.75, 3.05) is 0 Å². The number of rotatable bonds is 14. The van der Waals surface area contributed by atoms with E-state index in [2.05, 4.69) is 139 Å². The van der Waals surface area contributed by atoms with E-state index in [9.17, 15) is 0 Å². The summed E-state index contributed by atoms with van der Waals surface area (Å²) in [4.78, 5) is 0. The molecule has 2 aliphatic rings. The Labute approximate surface area is 295 Å². The van der Waals surface area contributed by atoms with Gasteiger partial charge < -0.3 is 13.3 Å². The number of allylic oxidation sites excluding steroid dienone is 2. The van der Waals surface area contributed by atoms with Crippen molar-refractivity contribution in [2.24, 2.45) is 23.2 Å². The molecule has 3 nitrogen and oxygen atoms in total. The fourth-order valence-corrected chi connectivity index (χ4v) is 11.7. The first-order valence-corrected chi connectivity index (χ1v) is 28.2. The predicted octanol–water partition coefficient (Wildman–Crippen LogP) is 13.4. The van der Waals surface area contributed by atoms with Crippen molar-refractivity contribution in [3.63, 3.8) is 0 Å². The lowest BCUT2D eigenvalue weighted by molar-refractivity contribution is 0.0789. The van der Waals surface area contributed by atoms with Crippen molar-refractivity contribution in [2.45, 2.75) is 189 Å². The van der Waals surface area contributed by atoms with Crippen LogP contribution in [0.3, 0.4) is 0 Å². The molecule has 0 N–H and O–H groups in total. The predicted molar refractivity (Wildman–Crippen MR) is 213 cm³/mol. The minimum absolute atomic E-state index is 0.0130. The van der Waals surface area contributed by atoms with Crippen molar-refractivity contribution < 1.29 is 13.3 Å². The average molecular weight is 701 g/mol. The van der Waals surface area contributed by atoms with Crippen LogP contribution < -0.4 is 0 Å². The Balaban J connectivity index is 1.83. The fourth-order valence-electron chi connectivity index (χ4n) is 8.03. The van der Waals surface area contributed by atoms with Crippen LogP contribution in [0.1, 0.15) is 131 Å². The molecule has 0 unspecified atom stereocenters. The number of hydrogen-bond donors (Lipinski definition) is 0. The third-order valence-electron chi connectivity index (χ3n) is 12.9. The highest BCUT2D eigenvalue weighted by molar-refractivity contribution is 6.74. The topological polar surface area (TPSA) is 27.7 Å². The van der Waals surface area contributed by atoms with E-state index in [1.165, 1.54) is 55.2 Å². The minimum atomic E-state index is -1.90. The molecule has 0 saturated heterocycles. The summed E-state index contributed by atoms with van der Waals surface area (Å²) in [6, 6.07) is 7.28. The monoisotopic (exact) mass is 701 g/mol. The lowest BCUT2D eigenvalue weighted by Gasteiger charge is -2.44. The average Bonchev–Trinajstić information content (AvgIpc) is 3.25. The van der Waals surface area contributed by atoms with Crippen molar-refractivity contribution >= 4 is 30.5 Å². The van der Waals surface area contributed by atoms with E-state index in [1.807, 2.05) is 0 Å². The second-order valence-electron chi connectivity index (χ2n) is 20.4. The molecule has 0 bridgehead atoms. The van der Waals surface area contributed by atoms with Crippen LogP contribution in [0.2, 0.25) is 55.9 Å². The van der Waals surface area contributed by atoms with E-state index in [0.29, 0.717) is 24.5 Å². The Bertz CT molecular complexity index is 1230. The summed E-state index contributed by atoms with van der Waals surface area (Å²) in [6.45, 7) is 41.5. The van der Waals surface area contributed by atoms with Crippen molar-refractivity contribution in [3.05, 3.63) is 41.0 Å². The molecule has 1 aromatic carbocycles. The molecule has 0 aromatic heterocycles. The van der Waals surface area contributed by atoms with Gasteiger partial charge in [0, 0.05) is 0 Å². The molecule has 3 rings (SSSR count). The van der Waals surface area contributed by atoms with Gasteiger partial charge >= 0.3 is 0 Å². The van der Waals surface area contributed by atoms with Gasteiger partial charge in [0.25, 0.3) is 0 Å². The zero-order valence-electron chi connectivity index (χ0n) is 34.1. The molecule has 0 heterocycles. The van der Waals surface area contributed by atoms with E-state index in [1.54, 1.807) is 5.57 Å². The first-order valence-electron chi connectivity index (χ1n) is 19.0. The zero-order chi connectivity index (χ0) is 35.9. The molecule has 1 fully saturated rings. The Kier molecular flexibility index (Phi) is 12.7. The Morgan fingerprint density at radius 1 is 0.809 bits per heavy atom. The molecule has 0 aliphatic heterocycles. The summed E-state index contributed by atoms with van der Waals surface area (Å²) in [5.41, 5.74) is 6.00. The van der Waals surface area contributed by atoms with Crippen LogP contribution in [-0.2, 0) is 26.5 Å². The second kappa shape index (κ2) is 14.6. The highest BCUT2D eigenvalue weighted by Gasteiger charge is 2.50.